The molecule has 4 heteroatoms. The van der Waals surface area contributed by atoms with Gasteiger partial charge in [-0.25, -0.2) is 4.79 Å². The number of rotatable bonds is 7. The van der Waals surface area contributed by atoms with Crippen LogP contribution in [0.4, 0.5) is 17.1 Å². The van der Waals surface area contributed by atoms with Crippen LogP contribution in [0.3, 0.4) is 0 Å². The van der Waals surface area contributed by atoms with Crippen molar-refractivity contribution in [2.45, 2.75) is 12.8 Å². The number of anilines is 3. The Morgan fingerprint density at radius 2 is 1.52 bits per heavy atom. The molecule has 3 aromatic rings. The van der Waals surface area contributed by atoms with Crippen molar-refractivity contribution in [3.8, 4) is 0 Å². The molecule has 0 bridgehead atoms. The number of nitrogens with one attached hydrogen (secondary N) is 1. The molecule has 0 amide bonds. The zero-order chi connectivity index (χ0) is 19.2. The summed E-state index contributed by atoms with van der Waals surface area (Å²) in [5.74, 6) is -0.936. The lowest BCUT2D eigenvalue weighted by Gasteiger charge is -2.19. The number of aryl methyl sites for hydroxylation is 2. The number of para-hydroxylation sites is 2. The molecule has 0 radical (unpaired) electrons. The first kappa shape index (κ1) is 18.5. The van der Waals surface area contributed by atoms with E-state index in [1.165, 1.54) is 5.56 Å². The highest BCUT2D eigenvalue weighted by molar-refractivity contribution is 5.96. The molecule has 0 fully saturated rings. The molecule has 2 N–H and O–H groups in total. The van der Waals surface area contributed by atoms with E-state index < -0.39 is 5.97 Å². The van der Waals surface area contributed by atoms with Crippen LogP contribution in [0.1, 0.15) is 21.5 Å². The van der Waals surface area contributed by atoms with Crippen LogP contribution in [0.15, 0.2) is 72.8 Å². The number of nitrogens with zero attached hydrogens (tertiary/aromatic N) is 1. The Morgan fingerprint density at radius 3 is 2.22 bits per heavy atom. The smallest absolute Gasteiger partial charge is 0.337 e. The average Bonchev–Trinajstić information content (AvgIpc) is 2.67. The van der Waals surface area contributed by atoms with Crippen molar-refractivity contribution in [3.05, 3.63) is 89.5 Å². The van der Waals surface area contributed by atoms with Crippen molar-refractivity contribution in [2.24, 2.45) is 0 Å². The van der Waals surface area contributed by atoms with Crippen LogP contribution in [-0.2, 0) is 12.8 Å². The highest BCUT2D eigenvalue weighted by Crippen LogP contribution is 2.29. The molecule has 0 saturated carbocycles. The van der Waals surface area contributed by atoms with Crippen molar-refractivity contribution in [2.75, 3.05) is 24.3 Å². The molecule has 0 aliphatic rings. The van der Waals surface area contributed by atoms with E-state index in [-0.39, 0.29) is 5.56 Å². The predicted molar refractivity (Wildman–Crippen MR) is 111 cm³/mol. The van der Waals surface area contributed by atoms with Crippen LogP contribution in [0.5, 0.6) is 0 Å². The normalized spacial score (nSPS) is 10.4. The van der Waals surface area contributed by atoms with E-state index in [0.29, 0.717) is 5.69 Å². The van der Waals surface area contributed by atoms with Gasteiger partial charge in [-0.1, -0.05) is 48.5 Å². The molecule has 0 spiro atoms. The summed E-state index contributed by atoms with van der Waals surface area (Å²) in [5.41, 5.74) is 5.14. The van der Waals surface area contributed by atoms with E-state index in [4.69, 9.17) is 0 Å². The average molecular weight is 360 g/mol. The van der Waals surface area contributed by atoms with E-state index in [1.807, 2.05) is 73.6 Å². The Morgan fingerprint density at radius 1 is 0.852 bits per heavy atom. The van der Waals surface area contributed by atoms with Crippen LogP contribution in [0.25, 0.3) is 0 Å². The molecular weight excluding hydrogens is 336 g/mol. The topological polar surface area (TPSA) is 52.6 Å². The lowest BCUT2D eigenvalue weighted by molar-refractivity contribution is 0.0698. The second-order valence-electron chi connectivity index (χ2n) is 6.71. The van der Waals surface area contributed by atoms with Crippen LogP contribution in [0, 0.1) is 0 Å². The highest BCUT2D eigenvalue weighted by Gasteiger charge is 2.13. The Hall–Kier alpha value is -3.27. The quantitative estimate of drug-likeness (QED) is 0.624. The van der Waals surface area contributed by atoms with Crippen molar-refractivity contribution in [3.63, 3.8) is 0 Å². The lowest BCUT2D eigenvalue weighted by atomic mass is 10.0. The summed E-state index contributed by atoms with van der Waals surface area (Å²) in [6, 6.07) is 23.7. The van der Waals surface area contributed by atoms with Gasteiger partial charge in [0.15, 0.2) is 0 Å². The van der Waals surface area contributed by atoms with Gasteiger partial charge in [0, 0.05) is 14.1 Å². The molecule has 3 rings (SSSR count). The number of carboxylic acids is 1. The fourth-order valence-electron chi connectivity index (χ4n) is 3.08. The Bertz CT molecular complexity index is 921. The molecule has 0 aromatic heterocycles. The van der Waals surface area contributed by atoms with Crippen molar-refractivity contribution in [1.82, 2.24) is 0 Å². The second-order valence-corrected chi connectivity index (χ2v) is 6.71. The van der Waals surface area contributed by atoms with Gasteiger partial charge < -0.3 is 15.3 Å². The van der Waals surface area contributed by atoms with Gasteiger partial charge in [-0.05, 0) is 48.2 Å². The molecular formula is C23H24N2O2. The van der Waals surface area contributed by atoms with Gasteiger partial charge in [0.1, 0.15) is 0 Å². The first-order valence-electron chi connectivity index (χ1n) is 8.98. The van der Waals surface area contributed by atoms with Crippen LogP contribution < -0.4 is 10.2 Å². The third-order valence-corrected chi connectivity index (χ3v) is 4.51. The second kappa shape index (κ2) is 8.41. The maximum Gasteiger partial charge on any atom is 0.337 e. The van der Waals surface area contributed by atoms with E-state index in [2.05, 4.69) is 17.4 Å². The maximum absolute atomic E-state index is 11.7. The lowest BCUT2D eigenvalue weighted by Crippen LogP contribution is -2.11. The van der Waals surface area contributed by atoms with Gasteiger partial charge in [-0.3, -0.25) is 0 Å². The Balaban J connectivity index is 1.87. The number of benzene rings is 3. The van der Waals surface area contributed by atoms with Gasteiger partial charge in [0.2, 0.25) is 0 Å². The maximum atomic E-state index is 11.7. The Kier molecular flexibility index (Phi) is 5.77. The van der Waals surface area contributed by atoms with Gasteiger partial charge >= 0.3 is 5.97 Å². The van der Waals surface area contributed by atoms with Gasteiger partial charge in [-0.2, -0.15) is 0 Å². The minimum atomic E-state index is -0.936. The highest BCUT2D eigenvalue weighted by atomic mass is 16.4. The van der Waals surface area contributed by atoms with E-state index in [1.54, 1.807) is 6.07 Å². The largest absolute Gasteiger partial charge is 0.478 e. The molecule has 0 aliphatic carbocycles. The van der Waals surface area contributed by atoms with Gasteiger partial charge in [0.25, 0.3) is 0 Å². The molecule has 27 heavy (non-hydrogen) atoms. The fourth-order valence-corrected chi connectivity index (χ4v) is 3.08. The minimum Gasteiger partial charge on any atom is -0.478 e. The first-order valence-corrected chi connectivity index (χ1v) is 8.98. The summed E-state index contributed by atoms with van der Waals surface area (Å²) in [4.78, 5) is 13.7. The number of hydrogen-bond donors (Lipinski definition) is 2. The summed E-state index contributed by atoms with van der Waals surface area (Å²) < 4.78 is 0. The van der Waals surface area contributed by atoms with E-state index in [0.717, 1.165) is 29.8 Å². The first-order chi connectivity index (χ1) is 13.0. The van der Waals surface area contributed by atoms with Crippen LogP contribution in [-0.4, -0.2) is 25.2 Å². The third-order valence-electron chi connectivity index (χ3n) is 4.51. The Labute approximate surface area is 160 Å². The SMILES string of the molecule is CN(C)c1ccccc1Nc1cc(CCc2ccccc2)ccc1C(=O)O. The molecule has 0 aliphatic heterocycles. The molecule has 0 unspecified atom stereocenters. The zero-order valence-electron chi connectivity index (χ0n) is 15.6. The number of aromatic carboxylic acids is 1. The van der Waals surface area contributed by atoms with Gasteiger partial charge in [0.05, 0.1) is 22.6 Å². The molecule has 138 valence electrons. The summed E-state index contributed by atoms with van der Waals surface area (Å²) in [7, 11) is 3.93. The number of carboxylic acid groups (broad SMARTS) is 1. The van der Waals surface area contributed by atoms with E-state index >= 15 is 0 Å². The summed E-state index contributed by atoms with van der Waals surface area (Å²) >= 11 is 0. The standard InChI is InChI=1S/C23H24N2O2/c1-25(2)22-11-7-6-10-20(22)24-21-16-18(14-15-19(21)23(26)27)13-12-17-8-4-3-5-9-17/h3-11,14-16,24H,12-13H2,1-2H3,(H,26,27). The van der Waals surface area contributed by atoms with Crippen molar-refractivity contribution < 1.29 is 9.90 Å². The number of hydrogen-bond acceptors (Lipinski definition) is 3. The minimum absolute atomic E-state index is 0.270. The summed E-state index contributed by atoms with van der Waals surface area (Å²) in [6.07, 6.45) is 1.77. The van der Waals surface area contributed by atoms with Crippen molar-refractivity contribution in [1.29, 1.82) is 0 Å². The van der Waals surface area contributed by atoms with E-state index in [9.17, 15) is 9.90 Å². The number of carbonyl (C=O) groups is 1. The summed E-state index contributed by atoms with van der Waals surface area (Å²) in [5, 5.41) is 12.9. The monoisotopic (exact) mass is 360 g/mol. The van der Waals surface area contributed by atoms with Crippen molar-refractivity contribution >= 4 is 23.0 Å². The summed E-state index contributed by atoms with van der Waals surface area (Å²) in [6.45, 7) is 0. The predicted octanol–water partition coefficient (Wildman–Crippen LogP) is 4.98. The molecule has 4 nitrogen and oxygen atoms in total. The fraction of sp³-hybridized carbons (Fsp3) is 0.174. The van der Waals surface area contributed by atoms with Gasteiger partial charge in [-0.15, -0.1) is 0 Å². The zero-order valence-corrected chi connectivity index (χ0v) is 15.6. The molecule has 0 saturated heterocycles. The molecule has 0 heterocycles. The molecule has 0 atom stereocenters. The third kappa shape index (κ3) is 4.67. The van der Waals surface area contributed by atoms with Crippen LogP contribution in [0.2, 0.25) is 0 Å². The van der Waals surface area contributed by atoms with Crippen LogP contribution >= 0.6 is 0 Å². The molecule has 3 aromatic carbocycles.